The predicted molar refractivity (Wildman–Crippen MR) is 78.6 cm³/mol. The summed E-state index contributed by atoms with van der Waals surface area (Å²) in [4.78, 5) is 16.3. The van der Waals surface area contributed by atoms with Crippen molar-refractivity contribution in [2.45, 2.75) is 19.4 Å². The van der Waals surface area contributed by atoms with Gasteiger partial charge in [0.25, 0.3) is 5.91 Å². The van der Waals surface area contributed by atoms with E-state index in [1.807, 2.05) is 26.0 Å². The molecule has 1 amide bonds. The van der Waals surface area contributed by atoms with Gasteiger partial charge in [0.15, 0.2) is 0 Å². The van der Waals surface area contributed by atoms with Gasteiger partial charge in [-0.1, -0.05) is 23.7 Å². The molecule has 1 aromatic rings. The first-order valence-electron chi connectivity index (χ1n) is 6.66. The number of hydrogen-bond donors (Lipinski definition) is 0. The zero-order valence-corrected chi connectivity index (χ0v) is 12.5. The summed E-state index contributed by atoms with van der Waals surface area (Å²) in [7, 11) is 0. The first-order valence-corrected chi connectivity index (χ1v) is 7.03. The van der Waals surface area contributed by atoms with E-state index < -0.39 is 5.54 Å². The Labute approximate surface area is 124 Å². The number of halogens is 1. The summed E-state index contributed by atoms with van der Waals surface area (Å²) in [5, 5.41) is 9.63. The van der Waals surface area contributed by atoms with Crippen LogP contribution in [0.25, 0.3) is 0 Å². The molecule has 5 heteroatoms. The molecule has 106 valence electrons. The van der Waals surface area contributed by atoms with Crippen LogP contribution in [0.2, 0.25) is 5.02 Å². The zero-order chi connectivity index (χ0) is 14.8. The van der Waals surface area contributed by atoms with Crippen LogP contribution in [0.5, 0.6) is 0 Å². The van der Waals surface area contributed by atoms with Crippen molar-refractivity contribution in [3.8, 4) is 6.07 Å². The highest BCUT2D eigenvalue weighted by Crippen LogP contribution is 2.20. The Morgan fingerprint density at radius 1 is 1.25 bits per heavy atom. The minimum Gasteiger partial charge on any atom is -0.336 e. The average Bonchev–Trinajstić information content (AvgIpc) is 2.47. The smallest absolute Gasteiger partial charge is 0.255 e. The van der Waals surface area contributed by atoms with Crippen LogP contribution in [0.15, 0.2) is 24.3 Å². The normalized spacial score (nSPS) is 16.8. The van der Waals surface area contributed by atoms with Crippen LogP contribution in [0.4, 0.5) is 0 Å². The van der Waals surface area contributed by atoms with Gasteiger partial charge in [-0.25, -0.2) is 0 Å². The highest BCUT2D eigenvalue weighted by Gasteiger charge is 2.31. The van der Waals surface area contributed by atoms with Gasteiger partial charge in [0, 0.05) is 26.2 Å². The number of carbonyl (C=O) groups is 1. The molecule has 1 aliphatic heterocycles. The molecule has 1 fully saturated rings. The molecule has 0 aliphatic carbocycles. The molecule has 2 rings (SSSR count). The highest BCUT2D eigenvalue weighted by molar-refractivity contribution is 6.33. The minimum atomic E-state index is -0.487. The molecule has 0 unspecified atom stereocenters. The maximum absolute atomic E-state index is 12.4. The standard InChI is InChI=1S/C15H18ClN3O/c1-15(2,11-17)19-9-7-18(8-10-19)14(20)12-5-3-4-6-13(12)16/h3-6H,7-10H2,1-2H3. The topological polar surface area (TPSA) is 47.3 Å². The summed E-state index contributed by atoms with van der Waals surface area (Å²) in [6.07, 6.45) is 0. The summed E-state index contributed by atoms with van der Waals surface area (Å²) in [5.74, 6) is -0.0370. The van der Waals surface area contributed by atoms with E-state index in [0.717, 1.165) is 0 Å². The van der Waals surface area contributed by atoms with E-state index in [1.165, 1.54) is 0 Å². The molecule has 1 aliphatic rings. The number of nitrogens with zero attached hydrogens (tertiary/aromatic N) is 3. The van der Waals surface area contributed by atoms with Crippen LogP contribution in [0, 0.1) is 11.3 Å². The summed E-state index contributed by atoms with van der Waals surface area (Å²) >= 11 is 6.06. The van der Waals surface area contributed by atoms with Crippen molar-refractivity contribution in [1.82, 2.24) is 9.80 Å². The van der Waals surface area contributed by atoms with E-state index in [1.54, 1.807) is 17.0 Å². The highest BCUT2D eigenvalue weighted by atomic mass is 35.5. The Kier molecular flexibility index (Phi) is 4.32. The third kappa shape index (κ3) is 2.95. The number of hydrogen-bond acceptors (Lipinski definition) is 3. The van der Waals surface area contributed by atoms with Gasteiger partial charge in [-0.05, 0) is 26.0 Å². The summed E-state index contributed by atoms with van der Waals surface area (Å²) in [6.45, 7) is 6.45. The van der Waals surface area contributed by atoms with E-state index in [9.17, 15) is 4.79 Å². The van der Waals surface area contributed by atoms with Gasteiger partial charge in [-0.15, -0.1) is 0 Å². The first-order chi connectivity index (χ1) is 9.45. The second-order valence-corrected chi connectivity index (χ2v) is 5.84. The van der Waals surface area contributed by atoms with Crippen LogP contribution in [0.3, 0.4) is 0 Å². The molecular formula is C15H18ClN3O. The number of piperazine rings is 1. The van der Waals surface area contributed by atoms with E-state index >= 15 is 0 Å². The number of rotatable bonds is 2. The average molecular weight is 292 g/mol. The fraction of sp³-hybridized carbons (Fsp3) is 0.467. The van der Waals surface area contributed by atoms with Crippen molar-refractivity contribution >= 4 is 17.5 Å². The number of benzene rings is 1. The Balaban J connectivity index is 2.03. The lowest BCUT2D eigenvalue weighted by Crippen LogP contribution is -2.55. The van der Waals surface area contributed by atoms with Crippen molar-refractivity contribution < 1.29 is 4.79 Å². The van der Waals surface area contributed by atoms with E-state index in [-0.39, 0.29) is 5.91 Å². The summed E-state index contributed by atoms with van der Waals surface area (Å²) < 4.78 is 0. The van der Waals surface area contributed by atoms with Gasteiger partial charge in [0.05, 0.1) is 16.7 Å². The molecule has 0 N–H and O–H groups in total. The quantitative estimate of drug-likeness (QED) is 0.840. The monoisotopic (exact) mass is 291 g/mol. The third-order valence-corrected chi connectivity index (χ3v) is 4.06. The fourth-order valence-corrected chi connectivity index (χ4v) is 2.56. The second kappa shape index (κ2) is 5.82. The summed E-state index contributed by atoms with van der Waals surface area (Å²) in [6, 6.07) is 9.40. The molecule has 1 aromatic carbocycles. The van der Waals surface area contributed by atoms with E-state index in [0.29, 0.717) is 36.8 Å². The molecular weight excluding hydrogens is 274 g/mol. The molecule has 1 heterocycles. The van der Waals surface area contributed by atoms with Crippen molar-refractivity contribution in [2.24, 2.45) is 0 Å². The molecule has 0 bridgehead atoms. The number of amides is 1. The molecule has 1 saturated heterocycles. The molecule has 0 spiro atoms. The van der Waals surface area contributed by atoms with Gasteiger partial charge in [-0.2, -0.15) is 5.26 Å². The maximum Gasteiger partial charge on any atom is 0.255 e. The number of carbonyl (C=O) groups excluding carboxylic acids is 1. The molecule has 0 radical (unpaired) electrons. The van der Waals surface area contributed by atoms with Crippen LogP contribution in [0.1, 0.15) is 24.2 Å². The first kappa shape index (κ1) is 14.8. The van der Waals surface area contributed by atoms with Gasteiger partial charge < -0.3 is 4.90 Å². The number of nitriles is 1. The van der Waals surface area contributed by atoms with Gasteiger partial charge in [-0.3, -0.25) is 9.69 Å². The lowest BCUT2D eigenvalue weighted by molar-refractivity contribution is 0.0521. The van der Waals surface area contributed by atoms with Crippen LogP contribution < -0.4 is 0 Å². The molecule has 0 saturated carbocycles. The van der Waals surface area contributed by atoms with Gasteiger partial charge in [0.1, 0.15) is 5.54 Å². The summed E-state index contributed by atoms with van der Waals surface area (Å²) in [5.41, 5.74) is 0.0571. The van der Waals surface area contributed by atoms with Crippen molar-refractivity contribution in [2.75, 3.05) is 26.2 Å². The molecule has 0 aromatic heterocycles. The largest absolute Gasteiger partial charge is 0.336 e. The van der Waals surface area contributed by atoms with Gasteiger partial charge in [0.2, 0.25) is 0 Å². The molecule has 4 nitrogen and oxygen atoms in total. The molecule has 20 heavy (non-hydrogen) atoms. The Bertz CT molecular complexity index is 542. The maximum atomic E-state index is 12.4. The molecule has 0 atom stereocenters. The van der Waals surface area contributed by atoms with Gasteiger partial charge >= 0.3 is 0 Å². The Morgan fingerprint density at radius 2 is 1.85 bits per heavy atom. The van der Waals surface area contributed by atoms with Crippen LogP contribution >= 0.6 is 11.6 Å². The lowest BCUT2D eigenvalue weighted by Gasteiger charge is -2.40. The minimum absolute atomic E-state index is 0.0370. The van der Waals surface area contributed by atoms with Crippen molar-refractivity contribution in [3.63, 3.8) is 0 Å². The second-order valence-electron chi connectivity index (χ2n) is 5.43. The van der Waals surface area contributed by atoms with E-state index in [4.69, 9.17) is 16.9 Å². The lowest BCUT2D eigenvalue weighted by atomic mass is 10.0. The Hall–Kier alpha value is -1.57. The fourth-order valence-electron chi connectivity index (χ4n) is 2.34. The van der Waals surface area contributed by atoms with E-state index in [2.05, 4.69) is 11.0 Å². The third-order valence-electron chi connectivity index (χ3n) is 3.74. The SMILES string of the molecule is CC(C)(C#N)N1CCN(C(=O)c2ccccc2Cl)CC1. The van der Waals surface area contributed by atoms with Crippen molar-refractivity contribution in [3.05, 3.63) is 34.9 Å². The predicted octanol–water partition coefficient (Wildman–Crippen LogP) is 2.40. The zero-order valence-electron chi connectivity index (χ0n) is 11.8. The van der Waals surface area contributed by atoms with Crippen molar-refractivity contribution in [1.29, 1.82) is 5.26 Å². The van der Waals surface area contributed by atoms with Crippen LogP contribution in [-0.2, 0) is 0 Å². The Morgan fingerprint density at radius 3 is 2.40 bits per heavy atom. The van der Waals surface area contributed by atoms with Crippen LogP contribution in [-0.4, -0.2) is 47.4 Å².